The van der Waals surface area contributed by atoms with Gasteiger partial charge >= 0.3 is 0 Å². The van der Waals surface area contributed by atoms with E-state index in [0.717, 1.165) is 10.0 Å². The highest BCUT2D eigenvalue weighted by Gasteiger charge is 2.21. The monoisotopic (exact) mass is 310 g/mol. The number of hydrogen-bond donors (Lipinski definition) is 2. The van der Waals surface area contributed by atoms with E-state index in [2.05, 4.69) is 26.6 Å². The highest BCUT2D eigenvalue weighted by atomic mass is 79.9. The van der Waals surface area contributed by atoms with Gasteiger partial charge in [0.2, 0.25) is 5.91 Å². The Bertz CT molecular complexity index is 478. The first-order valence-electron chi connectivity index (χ1n) is 5.90. The third kappa shape index (κ3) is 2.90. The molecule has 1 unspecified atom stereocenters. The summed E-state index contributed by atoms with van der Waals surface area (Å²) in [7, 11) is 0. The van der Waals surface area contributed by atoms with Gasteiger partial charge in [0.1, 0.15) is 0 Å². The van der Waals surface area contributed by atoms with Crippen LogP contribution >= 0.6 is 15.9 Å². The van der Waals surface area contributed by atoms with Crippen molar-refractivity contribution in [1.29, 1.82) is 0 Å². The summed E-state index contributed by atoms with van der Waals surface area (Å²) in [6.07, 6.45) is 1.17. The molecule has 18 heavy (non-hydrogen) atoms. The fourth-order valence-electron chi connectivity index (χ4n) is 1.94. The maximum Gasteiger partial charge on any atom is 0.252 e. The van der Waals surface area contributed by atoms with Gasteiger partial charge in [-0.3, -0.25) is 9.59 Å². The summed E-state index contributed by atoms with van der Waals surface area (Å²) in [6.45, 7) is 2.45. The molecule has 1 aromatic rings. The van der Waals surface area contributed by atoms with Crippen LogP contribution in [0, 0.1) is 6.92 Å². The van der Waals surface area contributed by atoms with Crippen molar-refractivity contribution >= 4 is 27.7 Å². The summed E-state index contributed by atoms with van der Waals surface area (Å²) in [5.41, 5.74) is 1.66. The molecule has 0 spiro atoms. The molecule has 1 aromatic carbocycles. The van der Waals surface area contributed by atoms with Gasteiger partial charge in [-0.05, 0) is 40.9 Å². The van der Waals surface area contributed by atoms with Crippen molar-refractivity contribution in [3.8, 4) is 0 Å². The van der Waals surface area contributed by atoms with Crippen LogP contribution in [-0.2, 0) is 4.79 Å². The van der Waals surface area contributed by atoms with Crippen molar-refractivity contribution in [1.82, 2.24) is 10.6 Å². The van der Waals surface area contributed by atoms with Gasteiger partial charge in [0.15, 0.2) is 0 Å². The van der Waals surface area contributed by atoms with Crippen LogP contribution in [0.1, 0.15) is 28.8 Å². The fourth-order valence-corrected chi connectivity index (χ4v) is 2.39. The van der Waals surface area contributed by atoms with Crippen LogP contribution in [0.4, 0.5) is 0 Å². The van der Waals surface area contributed by atoms with Gasteiger partial charge < -0.3 is 10.6 Å². The molecule has 1 fully saturated rings. The molecule has 1 atom stereocenters. The van der Waals surface area contributed by atoms with Crippen LogP contribution in [0.3, 0.4) is 0 Å². The second-order valence-electron chi connectivity index (χ2n) is 4.45. The van der Waals surface area contributed by atoms with Gasteiger partial charge in [-0.25, -0.2) is 0 Å². The predicted molar refractivity (Wildman–Crippen MR) is 72.4 cm³/mol. The Kier molecular flexibility index (Phi) is 4.01. The number of benzene rings is 1. The summed E-state index contributed by atoms with van der Waals surface area (Å²) in [5.74, 6) is -0.0519. The first-order valence-corrected chi connectivity index (χ1v) is 6.70. The zero-order valence-electron chi connectivity index (χ0n) is 10.1. The van der Waals surface area contributed by atoms with E-state index in [1.54, 1.807) is 6.07 Å². The largest absolute Gasteiger partial charge is 0.354 e. The molecular formula is C13H15BrN2O2. The molecule has 4 nitrogen and oxygen atoms in total. The minimum atomic E-state index is -0.105. The van der Waals surface area contributed by atoms with Gasteiger partial charge in [-0.2, -0.15) is 0 Å². The summed E-state index contributed by atoms with van der Waals surface area (Å²) in [5, 5.41) is 5.69. The van der Waals surface area contributed by atoms with Crippen molar-refractivity contribution in [3.05, 3.63) is 33.8 Å². The quantitative estimate of drug-likeness (QED) is 0.874. The molecule has 5 heteroatoms. The molecule has 0 saturated carbocycles. The van der Waals surface area contributed by atoms with Crippen molar-refractivity contribution in [2.24, 2.45) is 0 Å². The van der Waals surface area contributed by atoms with Crippen LogP contribution in [0.5, 0.6) is 0 Å². The van der Waals surface area contributed by atoms with Crippen molar-refractivity contribution in [3.63, 3.8) is 0 Å². The Morgan fingerprint density at radius 1 is 1.50 bits per heavy atom. The summed E-state index contributed by atoms with van der Waals surface area (Å²) >= 11 is 3.42. The number of piperidine rings is 1. The molecule has 0 aromatic heterocycles. The molecule has 0 radical (unpaired) electrons. The average molecular weight is 311 g/mol. The number of amides is 2. The highest BCUT2D eigenvalue weighted by molar-refractivity contribution is 9.10. The first-order chi connectivity index (χ1) is 8.58. The molecule has 1 aliphatic rings. The Hall–Kier alpha value is -1.36. The van der Waals surface area contributed by atoms with E-state index in [-0.39, 0.29) is 17.9 Å². The number of hydrogen-bond acceptors (Lipinski definition) is 2. The third-order valence-electron chi connectivity index (χ3n) is 3.04. The minimum Gasteiger partial charge on any atom is -0.354 e. The van der Waals surface area contributed by atoms with E-state index in [1.165, 1.54) is 0 Å². The zero-order chi connectivity index (χ0) is 13.1. The topological polar surface area (TPSA) is 58.2 Å². The highest BCUT2D eigenvalue weighted by Crippen LogP contribution is 2.21. The summed E-state index contributed by atoms with van der Waals surface area (Å²) in [6, 6.07) is 5.61. The number of carbonyl (C=O) groups is 2. The molecule has 1 saturated heterocycles. The van der Waals surface area contributed by atoms with Gasteiger partial charge in [-0.15, -0.1) is 0 Å². The SMILES string of the molecule is Cc1cccc(C(=O)NC2CCC(=O)NC2)c1Br. The normalized spacial score (nSPS) is 19.2. The molecular weight excluding hydrogens is 296 g/mol. The van der Waals surface area contributed by atoms with Crippen molar-refractivity contribution < 1.29 is 9.59 Å². The predicted octanol–water partition coefficient (Wildman–Crippen LogP) is 1.77. The Labute approximate surface area is 114 Å². The minimum absolute atomic E-state index is 0.0163. The molecule has 96 valence electrons. The second-order valence-corrected chi connectivity index (χ2v) is 5.24. The smallest absolute Gasteiger partial charge is 0.252 e. The zero-order valence-corrected chi connectivity index (χ0v) is 11.7. The van der Waals surface area contributed by atoms with Crippen LogP contribution in [0.25, 0.3) is 0 Å². The summed E-state index contributed by atoms with van der Waals surface area (Å²) < 4.78 is 0.822. The van der Waals surface area contributed by atoms with Crippen molar-refractivity contribution in [2.75, 3.05) is 6.54 Å². The molecule has 2 amide bonds. The number of nitrogens with one attached hydrogen (secondary N) is 2. The fraction of sp³-hybridized carbons (Fsp3) is 0.385. The summed E-state index contributed by atoms with van der Waals surface area (Å²) in [4.78, 5) is 23.1. The van der Waals surface area contributed by atoms with Crippen LogP contribution in [-0.4, -0.2) is 24.4 Å². The van der Waals surface area contributed by atoms with Crippen LogP contribution in [0.2, 0.25) is 0 Å². The molecule has 2 rings (SSSR count). The van der Waals surface area contributed by atoms with Gasteiger partial charge in [0, 0.05) is 23.5 Å². The molecule has 1 heterocycles. The number of halogens is 1. The molecule has 2 N–H and O–H groups in total. The van der Waals surface area contributed by atoms with E-state index in [0.29, 0.717) is 24.9 Å². The lowest BCUT2D eigenvalue weighted by Crippen LogP contribution is -2.47. The molecule has 1 aliphatic heterocycles. The maximum absolute atomic E-state index is 12.1. The second kappa shape index (κ2) is 5.52. The van der Waals surface area contributed by atoms with E-state index in [1.807, 2.05) is 19.1 Å². The molecule has 0 bridgehead atoms. The van der Waals surface area contributed by atoms with Crippen molar-refractivity contribution in [2.45, 2.75) is 25.8 Å². The third-order valence-corrected chi connectivity index (χ3v) is 4.09. The Morgan fingerprint density at radius 3 is 2.94 bits per heavy atom. The lowest BCUT2D eigenvalue weighted by atomic mass is 10.1. The van der Waals surface area contributed by atoms with E-state index < -0.39 is 0 Å². The number of aryl methyl sites for hydroxylation is 1. The average Bonchev–Trinajstić information content (AvgIpc) is 2.35. The standard InChI is InChI=1S/C13H15BrN2O2/c1-8-3-2-4-10(12(8)14)13(18)16-9-5-6-11(17)15-7-9/h2-4,9H,5-7H2,1H3,(H,15,17)(H,16,18). The van der Waals surface area contributed by atoms with E-state index in [4.69, 9.17) is 0 Å². The lowest BCUT2D eigenvalue weighted by molar-refractivity contribution is -0.122. The van der Waals surface area contributed by atoms with E-state index >= 15 is 0 Å². The Balaban J connectivity index is 2.03. The lowest BCUT2D eigenvalue weighted by Gasteiger charge is -2.23. The first kappa shape index (κ1) is 13.1. The van der Waals surface area contributed by atoms with Gasteiger partial charge in [0.05, 0.1) is 5.56 Å². The van der Waals surface area contributed by atoms with Gasteiger partial charge in [-0.1, -0.05) is 12.1 Å². The number of carbonyl (C=O) groups excluding carboxylic acids is 2. The van der Waals surface area contributed by atoms with Crippen LogP contribution in [0.15, 0.2) is 22.7 Å². The Morgan fingerprint density at radius 2 is 2.28 bits per heavy atom. The van der Waals surface area contributed by atoms with E-state index in [9.17, 15) is 9.59 Å². The van der Waals surface area contributed by atoms with Gasteiger partial charge in [0.25, 0.3) is 5.91 Å². The maximum atomic E-state index is 12.1. The van der Waals surface area contributed by atoms with Crippen LogP contribution < -0.4 is 10.6 Å². The molecule has 0 aliphatic carbocycles. The number of rotatable bonds is 2.